The standard InChI is InChI=1S/C18H31N5O/c1-19-16-8-5-11-22(13-16)14-18(24)21-17-9-10-20-23(17)12-15-6-3-2-4-7-15/h9-10,15-16,19H,2-8,11-14H2,1H3,(H,21,24). The molecular weight excluding hydrogens is 302 g/mol. The number of anilines is 1. The number of likely N-dealkylation sites (tertiary alicyclic amines) is 1. The molecule has 6 heteroatoms. The Bertz CT molecular complexity index is 523. The summed E-state index contributed by atoms with van der Waals surface area (Å²) in [6, 6.07) is 2.41. The van der Waals surface area contributed by atoms with Crippen LogP contribution in [-0.2, 0) is 11.3 Å². The van der Waals surface area contributed by atoms with Gasteiger partial charge in [-0.3, -0.25) is 9.69 Å². The minimum Gasteiger partial charge on any atom is -0.316 e. The Labute approximate surface area is 145 Å². The number of nitrogens with zero attached hydrogens (tertiary/aromatic N) is 3. The smallest absolute Gasteiger partial charge is 0.239 e. The highest BCUT2D eigenvalue weighted by Crippen LogP contribution is 2.25. The molecule has 1 amide bonds. The van der Waals surface area contributed by atoms with Gasteiger partial charge >= 0.3 is 0 Å². The molecule has 1 saturated carbocycles. The maximum Gasteiger partial charge on any atom is 0.239 e. The van der Waals surface area contributed by atoms with Gasteiger partial charge in [-0.2, -0.15) is 5.10 Å². The van der Waals surface area contributed by atoms with Gasteiger partial charge in [-0.15, -0.1) is 0 Å². The molecule has 24 heavy (non-hydrogen) atoms. The number of nitrogens with one attached hydrogen (secondary N) is 2. The van der Waals surface area contributed by atoms with E-state index in [1.165, 1.54) is 38.5 Å². The lowest BCUT2D eigenvalue weighted by Gasteiger charge is -2.31. The number of amides is 1. The Morgan fingerprint density at radius 3 is 2.88 bits per heavy atom. The first-order valence-electron chi connectivity index (χ1n) is 9.46. The van der Waals surface area contributed by atoms with Crippen molar-refractivity contribution < 1.29 is 4.79 Å². The number of hydrogen-bond donors (Lipinski definition) is 2. The van der Waals surface area contributed by atoms with E-state index in [2.05, 4.69) is 20.6 Å². The van der Waals surface area contributed by atoms with Crippen LogP contribution in [0.5, 0.6) is 0 Å². The lowest BCUT2D eigenvalue weighted by atomic mass is 9.89. The van der Waals surface area contributed by atoms with E-state index in [9.17, 15) is 4.79 Å². The van der Waals surface area contributed by atoms with Crippen molar-refractivity contribution in [2.24, 2.45) is 5.92 Å². The van der Waals surface area contributed by atoms with Crippen molar-refractivity contribution in [3.63, 3.8) is 0 Å². The average molecular weight is 333 g/mol. The highest BCUT2D eigenvalue weighted by molar-refractivity contribution is 5.91. The van der Waals surface area contributed by atoms with Crippen LogP contribution in [0.25, 0.3) is 0 Å². The third kappa shape index (κ3) is 4.80. The fourth-order valence-electron chi connectivity index (χ4n) is 4.02. The molecule has 0 aromatic carbocycles. The number of carbonyl (C=O) groups excluding carboxylic acids is 1. The molecule has 1 aromatic heterocycles. The molecule has 1 aliphatic heterocycles. The van der Waals surface area contributed by atoms with Crippen LogP contribution in [0.3, 0.4) is 0 Å². The minimum atomic E-state index is 0.0668. The summed E-state index contributed by atoms with van der Waals surface area (Å²) in [4.78, 5) is 14.6. The van der Waals surface area contributed by atoms with E-state index in [4.69, 9.17) is 0 Å². The van der Waals surface area contributed by atoms with Crippen LogP contribution in [0.2, 0.25) is 0 Å². The van der Waals surface area contributed by atoms with E-state index >= 15 is 0 Å². The summed E-state index contributed by atoms with van der Waals surface area (Å²) in [5, 5.41) is 10.8. The van der Waals surface area contributed by atoms with Gasteiger partial charge in [0.05, 0.1) is 12.7 Å². The molecule has 2 heterocycles. The topological polar surface area (TPSA) is 62.2 Å². The Balaban J connectivity index is 1.50. The Morgan fingerprint density at radius 2 is 2.08 bits per heavy atom. The summed E-state index contributed by atoms with van der Waals surface area (Å²) < 4.78 is 1.97. The first-order chi connectivity index (χ1) is 11.7. The zero-order chi connectivity index (χ0) is 16.8. The maximum absolute atomic E-state index is 12.4. The molecule has 0 spiro atoms. The normalized spacial score (nSPS) is 23.3. The first-order valence-corrected chi connectivity index (χ1v) is 9.46. The Morgan fingerprint density at radius 1 is 1.25 bits per heavy atom. The zero-order valence-corrected chi connectivity index (χ0v) is 14.8. The molecule has 1 saturated heterocycles. The van der Waals surface area contributed by atoms with E-state index in [-0.39, 0.29) is 5.91 Å². The van der Waals surface area contributed by atoms with Crippen molar-refractivity contribution >= 4 is 11.7 Å². The monoisotopic (exact) mass is 333 g/mol. The van der Waals surface area contributed by atoms with Gasteiger partial charge in [0, 0.05) is 25.2 Å². The van der Waals surface area contributed by atoms with Crippen LogP contribution in [0.4, 0.5) is 5.82 Å². The Kier molecular flexibility index (Phi) is 6.26. The fourth-order valence-corrected chi connectivity index (χ4v) is 4.02. The van der Waals surface area contributed by atoms with Gasteiger partial charge in [0.25, 0.3) is 0 Å². The van der Waals surface area contributed by atoms with E-state index in [0.29, 0.717) is 18.5 Å². The van der Waals surface area contributed by atoms with Crippen LogP contribution in [0.15, 0.2) is 12.3 Å². The van der Waals surface area contributed by atoms with Crippen LogP contribution >= 0.6 is 0 Å². The van der Waals surface area contributed by atoms with Crippen LogP contribution in [0, 0.1) is 5.92 Å². The van der Waals surface area contributed by atoms with E-state index in [0.717, 1.165) is 31.9 Å². The molecule has 1 atom stereocenters. The van der Waals surface area contributed by atoms with Crippen molar-refractivity contribution in [1.29, 1.82) is 0 Å². The molecule has 2 aliphatic rings. The summed E-state index contributed by atoms with van der Waals surface area (Å²) in [6.07, 6.45) is 10.7. The molecular formula is C18H31N5O. The molecule has 1 aromatic rings. The number of aromatic nitrogens is 2. The van der Waals surface area contributed by atoms with Crippen LogP contribution in [0.1, 0.15) is 44.9 Å². The fraction of sp³-hybridized carbons (Fsp3) is 0.778. The predicted octanol–water partition coefficient (Wildman–Crippen LogP) is 2.09. The van der Waals surface area contributed by atoms with Crippen LogP contribution < -0.4 is 10.6 Å². The van der Waals surface area contributed by atoms with Crippen molar-refractivity contribution in [2.45, 2.75) is 57.5 Å². The SMILES string of the molecule is CNC1CCCN(CC(=O)Nc2ccnn2CC2CCCCC2)C1. The molecule has 2 fully saturated rings. The van der Waals surface area contributed by atoms with Crippen molar-refractivity contribution in [3.8, 4) is 0 Å². The number of hydrogen-bond acceptors (Lipinski definition) is 4. The molecule has 134 valence electrons. The third-order valence-corrected chi connectivity index (χ3v) is 5.42. The summed E-state index contributed by atoms with van der Waals surface area (Å²) in [7, 11) is 2.00. The highest BCUT2D eigenvalue weighted by Gasteiger charge is 2.21. The number of piperidine rings is 1. The minimum absolute atomic E-state index is 0.0668. The molecule has 6 nitrogen and oxygen atoms in total. The molecule has 1 unspecified atom stereocenters. The van der Waals surface area contributed by atoms with E-state index in [1.807, 2.05) is 17.8 Å². The lowest BCUT2D eigenvalue weighted by molar-refractivity contribution is -0.117. The van der Waals surface area contributed by atoms with Gasteiger partial charge in [-0.25, -0.2) is 4.68 Å². The lowest BCUT2D eigenvalue weighted by Crippen LogP contribution is -2.47. The summed E-state index contributed by atoms with van der Waals surface area (Å²) in [6.45, 7) is 3.35. The van der Waals surface area contributed by atoms with Crippen molar-refractivity contribution in [3.05, 3.63) is 12.3 Å². The largest absolute Gasteiger partial charge is 0.316 e. The van der Waals surface area contributed by atoms with E-state index in [1.54, 1.807) is 6.20 Å². The van der Waals surface area contributed by atoms with Crippen molar-refractivity contribution in [1.82, 2.24) is 20.0 Å². The van der Waals surface area contributed by atoms with Gasteiger partial charge < -0.3 is 10.6 Å². The average Bonchev–Trinajstić information content (AvgIpc) is 3.02. The quantitative estimate of drug-likeness (QED) is 0.837. The Hall–Kier alpha value is -1.40. The third-order valence-electron chi connectivity index (χ3n) is 5.42. The van der Waals surface area contributed by atoms with Gasteiger partial charge in [-0.1, -0.05) is 19.3 Å². The van der Waals surface area contributed by atoms with Gasteiger partial charge in [0.15, 0.2) is 0 Å². The predicted molar refractivity (Wildman–Crippen MR) is 96.0 cm³/mol. The molecule has 1 aliphatic carbocycles. The number of rotatable bonds is 6. The van der Waals surface area contributed by atoms with E-state index < -0.39 is 0 Å². The number of carbonyl (C=O) groups is 1. The maximum atomic E-state index is 12.4. The van der Waals surface area contributed by atoms with Crippen molar-refractivity contribution in [2.75, 3.05) is 32.0 Å². The second kappa shape index (κ2) is 8.62. The van der Waals surface area contributed by atoms with Crippen LogP contribution in [-0.4, -0.2) is 53.3 Å². The zero-order valence-electron chi connectivity index (χ0n) is 14.8. The van der Waals surface area contributed by atoms with Gasteiger partial charge in [0.2, 0.25) is 5.91 Å². The summed E-state index contributed by atoms with van der Waals surface area (Å²) in [5.41, 5.74) is 0. The second-order valence-electron chi connectivity index (χ2n) is 7.31. The molecule has 2 N–H and O–H groups in total. The first kappa shape index (κ1) is 17.4. The highest BCUT2D eigenvalue weighted by atomic mass is 16.2. The molecule has 0 radical (unpaired) electrons. The van der Waals surface area contributed by atoms with Gasteiger partial charge in [0.1, 0.15) is 5.82 Å². The van der Waals surface area contributed by atoms with Gasteiger partial charge in [-0.05, 0) is 45.2 Å². The molecule has 0 bridgehead atoms. The summed E-state index contributed by atoms with van der Waals surface area (Å²) in [5.74, 6) is 1.61. The molecule has 3 rings (SSSR count). The second-order valence-corrected chi connectivity index (χ2v) is 7.31. The summed E-state index contributed by atoms with van der Waals surface area (Å²) >= 11 is 0. The number of likely N-dealkylation sites (N-methyl/N-ethyl adjacent to an activating group) is 1.